The summed E-state index contributed by atoms with van der Waals surface area (Å²) in [5, 5.41) is 9.60. The van der Waals surface area contributed by atoms with Crippen LogP contribution in [-0.4, -0.2) is 71.8 Å². The summed E-state index contributed by atoms with van der Waals surface area (Å²) in [7, 11) is 0. The van der Waals surface area contributed by atoms with Gasteiger partial charge in [0.25, 0.3) is 5.91 Å². The molecular weight excluding hydrogens is 409 g/mol. The monoisotopic (exact) mass is 433 g/mol. The highest BCUT2D eigenvalue weighted by Crippen LogP contribution is 2.25. The van der Waals surface area contributed by atoms with Crippen LogP contribution >= 0.6 is 11.6 Å². The molecule has 9 heteroatoms. The van der Waals surface area contributed by atoms with Crippen LogP contribution in [0.5, 0.6) is 0 Å². The molecule has 4 rings (SSSR count). The van der Waals surface area contributed by atoms with E-state index >= 15 is 0 Å². The van der Waals surface area contributed by atoms with Crippen LogP contribution in [0.15, 0.2) is 30.6 Å². The number of anilines is 2. The van der Waals surface area contributed by atoms with Crippen LogP contribution < -0.4 is 9.80 Å². The second-order valence-electron chi connectivity index (χ2n) is 7.77. The topological polar surface area (TPSA) is 72.8 Å². The molecule has 0 saturated carbocycles. The molecule has 2 saturated heterocycles. The first kappa shape index (κ1) is 20.8. The predicted octanol–water partition coefficient (Wildman–Crippen LogP) is 2.44. The van der Waals surface area contributed by atoms with Crippen molar-refractivity contribution < 1.29 is 14.3 Å². The standard InChI is InChI=1S/C21H25ClFN5O2/c22-18-10-16(23)3-4-17(18)21(30)27-8-6-26(7-9-27)19-11-20(25-14-24-19)28-5-1-2-15(12-28)13-29/h3-4,10-11,14-15,29H,1-2,5-9,12-13H2. The summed E-state index contributed by atoms with van der Waals surface area (Å²) >= 11 is 6.04. The Morgan fingerprint density at radius 2 is 1.83 bits per heavy atom. The first-order valence-corrected chi connectivity index (χ1v) is 10.6. The second kappa shape index (κ2) is 9.14. The Balaban J connectivity index is 1.40. The number of carbonyl (C=O) groups is 1. The zero-order valence-corrected chi connectivity index (χ0v) is 17.4. The molecule has 7 nitrogen and oxygen atoms in total. The van der Waals surface area contributed by atoms with Crippen molar-refractivity contribution in [1.82, 2.24) is 14.9 Å². The number of aliphatic hydroxyl groups is 1. The smallest absolute Gasteiger partial charge is 0.255 e. The summed E-state index contributed by atoms with van der Waals surface area (Å²) in [5.74, 6) is 1.34. The van der Waals surface area contributed by atoms with Gasteiger partial charge >= 0.3 is 0 Å². The van der Waals surface area contributed by atoms with Crippen LogP contribution in [0.2, 0.25) is 5.02 Å². The molecule has 1 atom stereocenters. The molecule has 0 aliphatic carbocycles. The normalized spacial score (nSPS) is 19.8. The van der Waals surface area contributed by atoms with Crippen LogP contribution in [0.4, 0.5) is 16.0 Å². The van der Waals surface area contributed by atoms with Crippen molar-refractivity contribution in [2.75, 3.05) is 55.7 Å². The van der Waals surface area contributed by atoms with Gasteiger partial charge in [-0.15, -0.1) is 0 Å². The number of aliphatic hydroxyl groups excluding tert-OH is 1. The Kier molecular flexibility index (Phi) is 6.34. The van der Waals surface area contributed by atoms with Gasteiger partial charge in [0.15, 0.2) is 0 Å². The summed E-state index contributed by atoms with van der Waals surface area (Å²) in [6.45, 7) is 4.26. The molecule has 30 heavy (non-hydrogen) atoms. The Hall–Kier alpha value is -2.45. The van der Waals surface area contributed by atoms with E-state index in [4.69, 9.17) is 11.6 Å². The Morgan fingerprint density at radius 1 is 1.10 bits per heavy atom. The van der Waals surface area contributed by atoms with Crippen LogP contribution in [0.3, 0.4) is 0 Å². The van der Waals surface area contributed by atoms with Gasteiger partial charge in [0.1, 0.15) is 23.8 Å². The highest BCUT2D eigenvalue weighted by Gasteiger charge is 2.26. The maximum Gasteiger partial charge on any atom is 0.255 e. The third kappa shape index (κ3) is 4.49. The molecule has 1 unspecified atom stereocenters. The molecule has 0 spiro atoms. The summed E-state index contributed by atoms with van der Waals surface area (Å²) in [6.07, 6.45) is 3.65. The molecule has 0 bridgehead atoms. The number of amides is 1. The number of rotatable bonds is 4. The number of halogens is 2. The minimum Gasteiger partial charge on any atom is -0.396 e. The number of piperidine rings is 1. The van der Waals surface area contributed by atoms with E-state index in [9.17, 15) is 14.3 Å². The molecule has 2 fully saturated rings. The van der Waals surface area contributed by atoms with Crippen molar-refractivity contribution in [3.05, 3.63) is 47.0 Å². The highest BCUT2D eigenvalue weighted by atomic mass is 35.5. The molecule has 2 aromatic rings. The molecular formula is C21H25ClFN5O2. The average molecular weight is 434 g/mol. The van der Waals surface area contributed by atoms with E-state index < -0.39 is 5.82 Å². The molecule has 2 aliphatic heterocycles. The van der Waals surface area contributed by atoms with Crippen LogP contribution in [0, 0.1) is 11.7 Å². The molecule has 0 radical (unpaired) electrons. The van der Waals surface area contributed by atoms with E-state index in [1.807, 2.05) is 6.07 Å². The van der Waals surface area contributed by atoms with Gasteiger partial charge in [-0.1, -0.05) is 11.6 Å². The number of piperazine rings is 1. The fourth-order valence-corrected chi connectivity index (χ4v) is 4.33. The molecule has 160 valence electrons. The van der Waals surface area contributed by atoms with Crippen molar-refractivity contribution in [3.63, 3.8) is 0 Å². The lowest BCUT2D eigenvalue weighted by Gasteiger charge is -2.36. The number of benzene rings is 1. The minimum atomic E-state index is -0.458. The SMILES string of the molecule is O=C(c1ccc(F)cc1Cl)N1CCN(c2cc(N3CCCC(CO)C3)ncn2)CC1. The summed E-state index contributed by atoms with van der Waals surface area (Å²) < 4.78 is 13.3. The minimum absolute atomic E-state index is 0.130. The maximum atomic E-state index is 13.3. The van der Waals surface area contributed by atoms with Gasteiger partial charge in [0.2, 0.25) is 0 Å². The fraction of sp³-hybridized carbons (Fsp3) is 0.476. The number of hydrogen-bond acceptors (Lipinski definition) is 6. The fourth-order valence-electron chi connectivity index (χ4n) is 4.08. The number of nitrogens with zero attached hydrogens (tertiary/aromatic N) is 5. The molecule has 3 heterocycles. The van der Waals surface area contributed by atoms with Gasteiger partial charge in [-0.05, 0) is 37.0 Å². The van der Waals surface area contributed by atoms with E-state index in [1.54, 1.807) is 11.2 Å². The first-order valence-electron chi connectivity index (χ1n) is 10.2. The molecule has 2 aliphatic rings. The maximum absolute atomic E-state index is 13.3. The van der Waals surface area contributed by atoms with Gasteiger partial charge in [-0.3, -0.25) is 4.79 Å². The lowest BCUT2D eigenvalue weighted by atomic mass is 9.99. The van der Waals surface area contributed by atoms with Crippen LogP contribution in [0.1, 0.15) is 23.2 Å². The number of aromatic nitrogens is 2. The summed E-state index contributed by atoms with van der Waals surface area (Å²) in [5.41, 5.74) is 0.319. The van der Waals surface area contributed by atoms with Gasteiger partial charge < -0.3 is 19.8 Å². The van der Waals surface area contributed by atoms with Crippen molar-refractivity contribution in [1.29, 1.82) is 0 Å². The highest BCUT2D eigenvalue weighted by molar-refractivity contribution is 6.33. The average Bonchev–Trinajstić information content (AvgIpc) is 2.79. The zero-order valence-electron chi connectivity index (χ0n) is 16.7. The predicted molar refractivity (Wildman–Crippen MR) is 114 cm³/mol. The summed E-state index contributed by atoms with van der Waals surface area (Å²) in [4.78, 5) is 27.7. The Morgan fingerprint density at radius 3 is 2.53 bits per heavy atom. The van der Waals surface area contributed by atoms with Crippen molar-refractivity contribution in [3.8, 4) is 0 Å². The van der Waals surface area contributed by atoms with E-state index in [-0.39, 0.29) is 23.5 Å². The Labute approximate surface area is 180 Å². The Bertz CT molecular complexity index is 907. The van der Waals surface area contributed by atoms with Gasteiger partial charge in [0.05, 0.1) is 10.6 Å². The number of hydrogen-bond donors (Lipinski definition) is 1. The van der Waals surface area contributed by atoms with Gasteiger partial charge in [-0.25, -0.2) is 14.4 Å². The van der Waals surface area contributed by atoms with Gasteiger partial charge in [-0.2, -0.15) is 0 Å². The van der Waals surface area contributed by atoms with E-state index in [0.29, 0.717) is 31.7 Å². The van der Waals surface area contributed by atoms with Crippen LogP contribution in [-0.2, 0) is 0 Å². The second-order valence-corrected chi connectivity index (χ2v) is 8.18. The lowest BCUT2D eigenvalue weighted by Crippen LogP contribution is -2.49. The summed E-state index contributed by atoms with van der Waals surface area (Å²) in [6, 6.07) is 5.82. The van der Waals surface area contributed by atoms with E-state index in [0.717, 1.165) is 43.6 Å². The molecule has 1 aromatic heterocycles. The third-order valence-corrected chi connectivity index (χ3v) is 6.10. The quantitative estimate of drug-likeness (QED) is 0.798. The molecule has 1 amide bonds. The van der Waals surface area contributed by atoms with Crippen molar-refractivity contribution in [2.24, 2.45) is 5.92 Å². The largest absolute Gasteiger partial charge is 0.396 e. The zero-order chi connectivity index (χ0) is 21.1. The van der Waals surface area contributed by atoms with E-state index in [2.05, 4.69) is 19.8 Å². The lowest BCUT2D eigenvalue weighted by molar-refractivity contribution is 0.0746. The number of carbonyl (C=O) groups excluding carboxylic acids is 1. The van der Waals surface area contributed by atoms with Crippen LogP contribution in [0.25, 0.3) is 0 Å². The molecule has 1 aromatic carbocycles. The first-order chi connectivity index (χ1) is 14.5. The van der Waals surface area contributed by atoms with Crippen molar-refractivity contribution >= 4 is 29.1 Å². The van der Waals surface area contributed by atoms with Crippen molar-refractivity contribution in [2.45, 2.75) is 12.8 Å². The van der Waals surface area contributed by atoms with E-state index in [1.165, 1.54) is 12.1 Å². The molecule has 1 N–H and O–H groups in total. The van der Waals surface area contributed by atoms with Gasteiger partial charge in [0, 0.05) is 51.9 Å². The third-order valence-electron chi connectivity index (χ3n) is 5.79.